The van der Waals surface area contributed by atoms with E-state index in [0.717, 1.165) is 20.5 Å². The van der Waals surface area contributed by atoms with Gasteiger partial charge in [0.25, 0.3) is 0 Å². The quantitative estimate of drug-likeness (QED) is 0.851. The number of thioether (sulfide) groups is 1. The van der Waals surface area contributed by atoms with Gasteiger partial charge in [0.2, 0.25) is 5.91 Å². The molecule has 0 aromatic heterocycles. The minimum atomic E-state index is -4.52. The van der Waals surface area contributed by atoms with Gasteiger partial charge in [-0.1, -0.05) is 28.1 Å². The molecule has 1 amide bonds. The number of aliphatic carboxylic acids is 1. The third kappa shape index (κ3) is 3.95. The summed E-state index contributed by atoms with van der Waals surface area (Å²) < 4.78 is 37.3. The molecule has 1 aromatic rings. The SMILES string of the molecule is O=C(O)C1Cc2c(Br)cccc2CN1C(=O)CSC(F)(F)F. The summed E-state index contributed by atoms with van der Waals surface area (Å²) in [4.78, 5) is 24.3. The standard InChI is InChI=1S/C13H11BrF3NO3S/c14-9-3-1-2-7-5-18(10(12(20)21)4-8(7)9)11(19)6-22-13(15,16)17/h1-3,10H,4-6H2,(H,20,21). The number of alkyl halides is 3. The molecule has 1 aliphatic heterocycles. The van der Waals surface area contributed by atoms with Gasteiger partial charge in [0.1, 0.15) is 6.04 Å². The Balaban J connectivity index is 2.22. The molecule has 2 rings (SSSR count). The van der Waals surface area contributed by atoms with Crippen molar-refractivity contribution < 1.29 is 27.9 Å². The van der Waals surface area contributed by atoms with Gasteiger partial charge in [-0.25, -0.2) is 4.79 Å². The van der Waals surface area contributed by atoms with E-state index in [4.69, 9.17) is 0 Å². The number of carboxylic acid groups (broad SMARTS) is 1. The fourth-order valence-corrected chi connectivity index (χ4v) is 3.31. The number of hydrogen-bond acceptors (Lipinski definition) is 3. The van der Waals surface area contributed by atoms with Crippen molar-refractivity contribution in [1.29, 1.82) is 0 Å². The van der Waals surface area contributed by atoms with Crippen molar-refractivity contribution in [3.05, 3.63) is 33.8 Å². The normalized spacial score (nSPS) is 18.0. The fraction of sp³-hybridized carbons (Fsp3) is 0.385. The van der Waals surface area contributed by atoms with Gasteiger partial charge in [-0.05, 0) is 29.0 Å². The zero-order valence-electron chi connectivity index (χ0n) is 11.1. The van der Waals surface area contributed by atoms with Crippen LogP contribution in [-0.4, -0.2) is 39.2 Å². The highest BCUT2D eigenvalue weighted by molar-refractivity contribution is 9.10. The van der Waals surface area contributed by atoms with E-state index in [2.05, 4.69) is 15.9 Å². The molecule has 0 bridgehead atoms. The molecule has 1 aliphatic rings. The molecule has 0 fully saturated rings. The van der Waals surface area contributed by atoms with Crippen LogP contribution in [-0.2, 0) is 22.6 Å². The molecule has 0 aliphatic carbocycles. The summed E-state index contributed by atoms with van der Waals surface area (Å²) in [5.74, 6) is -2.89. The number of halogens is 4. The van der Waals surface area contributed by atoms with Gasteiger partial charge < -0.3 is 10.0 Å². The summed E-state index contributed by atoms with van der Waals surface area (Å²) in [6.45, 7) is -0.0109. The van der Waals surface area contributed by atoms with Gasteiger partial charge in [0, 0.05) is 17.4 Å². The van der Waals surface area contributed by atoms with Crippen LogP contribution < -0.4 is 0 Å². The molecule has 0 saturated heterocycles. The van der Waals surface area contributed by atoms with Gasteiger partial charge in [0.15, 0.2) is 0 Å². The van der Waals surface area contributed by atoms with Crippen LogP contribution in [0.4, 0.5) is 13.2 Å². The second-order valence-corrected chi connectivity index (χ2v) is 6.59. The Kier molecular flexibility index (Phi) is 5.06. The predicted molar refractivity (Wildman–Crippen MR) is 78.3 cm³/mol. The number of rotatable bonds is 3. The average Bonchev–Trinajstić information content (AvgIpc) is 2.43. The van der Waals surface area contributed by atoms with Crippen LogP contribution in [0.5, 0.6) is 0 Å². The summed E-state index contributed by atoms with van der Waals surface area (Å²) in [5, 5.41) is 9.26. The van der Waals surface area contributed by atoms with E-state index < -0.39 is 40.9 Å². The van der Waals surface area contributed by atoms with Gasteiger partial charge in [0.05, 0.1) is 5.75 Å². The number of hydrogen-bond donors (Lipinski definition) is 1. The topological polar surface area (TPSA) is 57.6 Å². The van der Waals surface area contributed by atoms with Gasteiger partial charge in [-0.15, -0.1) is 0 Å². The third-order valence-electron chi connectivity index (χ3n) is 3.29. The monoisotopic (exact) mass is 397 g/mol. The van der Waals surface area contributed by atoms with Crippen molar-refractivity contribution in [3.8, 4) is 0 Å². The van der Waals surface area contributed by atoms with E-state index in [-0.39, 0.29) is 13.0 Å². The second-order valence-electron chi connectivity index (χ2n) is 4.69. The Labute approximate surface area is 136 Å². The fourth-order valence-electron chi connectivity index (χ4n) is 2.29. The largest absolute Gasteiger partial charge is 0.480 e. The summed E-state index contributed by atoms with van der Waals surface area (Å²) in [6.07, 6.45) is 0.0640. The number of amides is 1. The molecule has 0 saturated carbocycles. The average molecular weight is 398 g/mol. The molecule has 22 heavy (non-hydrogen) atoms. The summed E-state index contributed by atoms with van der Waals surface area (Å²) in [5.41, 5.74) is -3.02. The Morgan fingerprint density at radius 3 is 2.68 bits per heavy atom. The van der Waals surface area contributed by atoms with E-state index in [9.17, 15) is 27.9 Å². The maximum atomic E-state index is 12.2. The summed E-state index contributed by atoms with van der Waals surface area (Å²) >= 11 is 2.86. The lowest BCUT2D eigenvalue weighted by molar-refractivity contribution is -0.150. The Morgan fingerprint density at radius 2 is 2.09 bits per heavy atom. The van der Waals surface area contributed by atoms with Crippen LogP contribution in [0.2, 0.25) is 0 Å². The molecule has 1 heterocycles. The number of fused-ring (bicyclic) bond motifs is 1. The van der Waals surface area contributed by atoms with Crippen LogP contribution in [0.15, 0.2) is 22.7 Å². The maximum absolute atomic E-state index is 12.2. The van der Waals surface area contributed by atoms with E-state index in [0.29, 0.717) is 0 Å². The van der Waals surface area contributed by atoms with Crippen LogP contribution in [0.1, 0.15) is 11.1 Å². The smallest absolute Gasteiger partial charge is 0.442 e. The van der Waals surface area contributed by atoms with Crippen LogP contribution in [0.3, 0.4) is 0 Å². The second kappa shape index (κ2) is 6.49. The van der Waals surface area contributed by atoms with Crippen molar-refractivity contribution in [2.24, 2.45) is 0 Å². The lowest BCUT2D eigenvalue weighted by Crippen LogP contribution is -2.49. The van der Waals surface area contributed by atoms with Gasteiger partial charge >= 0.3 is 11.5 Å². The molecule has 4 nitrogen and oxygen atoms in total. The van der Waals surface area contributed by atoms with Crippen molar-refractivity contribution in [2.45, 2.75) is 24.5 Å². The molecule has 0 spiro atoms. The van der Waals surface area contributed by atoms with Crippen LogP contribution in [0, 0.1) is 0 Å². The molecular formula is C13H11BrF3NO3S. The lowest BCUT2D eigenvalue weighted by Gasteiger charge is -2.35. The highest BCUT2D eigenvalue weighted by atomic mass is 79.9. The van der Waals surface area contributed by atoms with Crippen molar-refractivity contribution in [2.75, 3.05) is 5.75 Å². The third-order valence-corrected chi connectivity index (χ3v) is 4.76. The minimum Gasteiger partial charge on any atom is -0.480 e. The first-order chi connectivity index (χ1) is 10.2. The predicted octanol–water partition coefficient (Wildman–Crippen LogP) is 3.04. The number of benzene rings is 1. The van der Waals surface area contributed by atoms with Crippen molar-refractivity contribution >= 4 is 39.6 Å². The first kappa shape index (κ1) is 17.1. The molecule has 9 heteroatoms. The Morgan fingerprint density at radius 1 is 1.41 bits per heavy atom. The first-order valence-electron chi connectivity index (χ1n) is 6.18. The van der Waals surface area contributed by atoms with Crippen LogP contribution >= 0.6 is 27.7 Å². The number of carbonyl (C=O) groups is 2. The number of nitrogens with zero attached hydrogens (tertiary/aromatic N) is 1. The van der Waals surface area contributed by atoms with Crippen molar-refractivity contribution in [3.63, 3.8) is 0 Å². The van der Waals surface area contributed by atoms with E-state index in [1.807, 2.05) is 0 Å². The molecular weight excluding hydrogens is 387 g/mol. The Hall–Kier alpha value is -1.22. The molecule has 1 N–H and O–H groups in total. The number of carboxylic acids is 1. The van der Waals surface area contributed by atoms with E-state index in [1.54, 1.807) is 18.2 Å². The molecule has 1 atom stereocenters. The molecule has 1 aromatic carbocycles. The first-order valence-corrected chi connectivity index (χ1v) is 7.96. The Bertz CT molecular complexity index is 609. The summed E-state index contributed by atoms with van der Waals surface area (Å²) in [6, 6.07) is 4.06. The molecule has 120 valence electrons. The zero-order valence-corrected chi connectivity index (χ0v) is 13.5. The molecule has 1 unspecified atom stereocenters. The van der Waals surface area contributed by atoms with Gasteiger partial charge in [-0.3, -0.25) is 4.79 Å². The minimum absolute atomic E-state index is 0.0109. The zero-order chi connectivity index (χ0) is 16.5. The van der Waals surface area contributed by atoms with E-state index >= 15 is 0 Å². The highest BCUT2D eigenvalue weighted by Gasteiger charge is 2.37. The van der Waals surface area contributed by atoms with Crippen LogP contribution in [0.25, 0.3) is 0 Å². The van der Waals surface area contributed by atoms with Gasteiger partial charge in [-0.2, -0.15) is 13.2 Å². The maximum Gasteiger partial charge on any atom is 0.442 e. The molecule has 0 radical (unpaired) electrons. The highest BCUT2D eigenvalue weighted by Crippen LogP contribution is 2.33. The van der Waals surface area contributed by atoms with Crippen molar-refractivity contribution in [1.82, 2.24) is 4.90 Å². The summed E-state index contributed by atoms with van der Waals surface area (Å²) in [7, 11) is 0. The number of carbonyl (C=O) groups excluding carboxylic acids is 1. The van der Waals surface area contributed by atoms with E-state index in [1.165, 1.54) is 0 Å². The lowest BCUT2D eigenvalue weighted by atomic mass is 9.94.